The minimum Gasteiger partial charge on any atom is -0.329 e. The van der Waals surface area contributed by atoms with Crippen molar-refractivity contribution in [1.29, 1.82) is 0 Å². The summed E-state index contributed by atoms with van der Waals surface area (Å²) in [7, 11) is -2.65. The molecule has 26 heavy (non-hydrogen) atoms. The molecule has 0 saturated carbocycles. The molecule has 0 fully saturated rings. The number of rotatable bonds is 3. The minimum absolute atomic E-state index is 0.181. The van der Waals surface area contributed by atoms with Crippen LogP contribution in [0.1, 0.15) is 11.5 Å². The summed E-state index contributed by atoms with van der Waals surface area (Å²) in [4.78, 5) is 3.92. The van der Waals surface area contributed by atoms with Crippen LogP contribution in [0.2, 0.25) is 0 Å². The Morgan fingerprint density at radius 3 is 2.19 bits per heavy atom. The first kappa shape index (κ1) is 18.1. The van der Waals surface area contributed by atoms with Gasteiger partial charge in [0.25, 0.3) is 0 Å². The molecule has 2 aromatic carbocycles. The smallest absolute Gasteiger partial charge is 0.329 e. The van der Waals surface area contributed by atoms with Crippen molar-refractivity contribution in [1.82, 2.24) is 10.1 Å². The second kappa shape index (κ2) is 6.56. The molecule has 0 aliphatic carbocycles. The van der Waals surface area contributed by atoms with Gasteiger partial charge in [-0.05, 0) is 43.3 Å². The van der Waals surface area contributed by atoms with Crippen molar-refractivity contribution in [2.45, 2.75) is 18.0 Å². The zero-order chi connectivity index (χ0) is 18.9. The maximum atomic E-state index is 12.8. The van der Waals surface area contributed by atoms with Crippen molar-refractivity contribution < 1.29 is 21.9 Å². The van der Waals surface area contributed by atoms with Crippen LogP contribution in [0.3, 0.4) is 0 Å². The molecule has 3 aromatic rings. The molecule has 0 N–H and O–H groups in total. The van der Waals surface area contributed by atoms with E-state index in [1.165, 1.54) is 30.5 Å². The molecule has 0 aliphatic heterocycles. The topological polar surface area (TPSA) is 68.3 Å². The van der Waals surface area contributed by atoms with Crippen LogP contribution in [0, 0.1) is 6.92 Å². The number of hydrogen-bond acceptors (Lipinski definition) is 5. The van der Waals surface area contributed by atoms with Gasteiger partial charge in [0, 0.05) is 16.7 Å². The number of nitrogens with zero attached hydrogens (tertiary/aromatic N) is 3. The van der Waals surface area contributed by atoms with Gasteiger partial charge in [0.2, 0.25) is 5.82 Å². The van der Waals surface area contributed by atoms with Crippen LogP contribution in [-0.4, -0.2) is 20.6 Å². The van der Waals surface area contributed by atoms with Gasteiger partial charge in [-0.25, -0.2) is 4.21 Å². The Hall–Kier alpha value is -2.68. The average molecular weight is 381 g/mol. The minimum atomic E-state index is -4.69. The molecule has 0 amide bonds. The number of aryl methyl sites for hydroxylation is 1. The number of aromatic nitrogens is 2. The average Bonchev–Trinajstić information content (AvgIpc) is 3.06. The lowest BCUT2D eigenvalue weighted by Gasteiger charge is -2.05. The van der Waals surface area contributed by atoms with E-state index in [-0.39, 0.29) is 5.82 Å². The lowest BCUT2D eigenvalue weighted by molar-refractivity contribution is -0.159. The van der Waals surface area contributed by atoms with E-state index in [4.69, 9.17) is 0 Å². The number of benzene rings is 2. The van der Waals surface area contributed by atoms with E-state index in [1.54, 1.807) is 12.1 Å². The van der Waals surface area contributed by atoms with Crippen LogP contribution in [0.25, 0.3) is 11.4 Å². The van der Waals surface area contributed by atoms with Gasteiger partial charge in [0.05, 0.1) is 15.4 Å². The van der Waals surface area contributed by atoms with Crippen LogP contribution in [0.5, 0.6) is 0 Å². The maximum Gasteiger partial charge on any atom is 0.471 e. The van der Waals surface area contributed by atoms with Crippen LogP contribution in [0.15, 0.2) is 62.3 Å². The summed E-state index contributed by atoms with van der Waals surface area (Å²) in [5.41, 5.74) is 1.81. The maximum absolute atomic E-state index is 12.8. The summed E-state index contributed by atoms with van der Waals surface area (Å²) in [6.07, 6.45) is -3.16. The second-order valence-electron chi connectivity index (χ2n) is 5.67. The summed E-state index contributed by atoms with van der Waals surface area (Å²) in [5, 5.41) is 3.32. The lowest BCUT2D eigenvalue weighted by atomic mass is 10.2. The SMILES string of the molecule is Cc1ccc(S(C)(=O)=Nc2ccc(-c3noc(C(F)(F)F)n3)cc2)cc1. The fourth-order valence-electron chi connectivity index (χ4n) is 2.17. The third kappa shape index (κ3) is 3.93. The molecule has 1 unspecified atom stereocenters. The first-order chi connectivity index (χ1) is 12.1. The molecule has 5 nitrogen and oxygen atoms in total. The summed E-state index contributed by atoms with van der Waals surface area (Å²) in [6, 6.07) is 13.3. The molecular formula is C17H14F3N3O2S. The van der Waals surface area contributed by atoms with Gasteiger partial charge in [-0.2, -0.15) is 22.5 Å². The zero-order valence-electron chi connectivity index (χ0n) is 13.8. The van der Waals surface area contributed by atoms with Gasteiger partial charge < -0.3 is 4.52 Å². The van der Waals surface area contributed by atoms with Crippen LogP contribution >= 0.6 is 0 Å². The molecule has 0 saturated heterocycles. The van der Waals surface area contributed by atoms with Crippen LogP contribution in [-0.2, 0) is 15.9 Å². The fraction of sp³-hybridized carbons (Fsp3) is 0.176. The molecule has 0 spiro atoms. The first-order valence-corrected chi connectivity index (χ1v) is 9.38. The number of alkyl halides is 3. The number of halogens is 3. The molecule has 9 heteroatoms. The Kier molecular flexibility index (Phi) is 4.57. The highest BCUT2D eigenvalue weighted by molar-refractivity contribution is 7.93. The third-order valence-electron chi connectivity index (χ3n) is 3.53. The molecule has 0 aliphatic rings. The van der Waals surface area contributed by atoms with E-state index in [0.29, 0.717) is 16.1 Å². The Labute approximate surface area is 148 Å². The molecule has 0 radical (unpaired) electrons. The quantitative estimate of drug-likeness (QED) is 0.650. The van der Waals surface area contributed by atoms with Crippen molar-refractivity contribution >= 4 is 15.4 Å². The first-order valence-electron chi connectivity index (χ1n) is 7.45. The van der Waals surface area contributed by atoms with Gasteiger partial charge in [-0.1, -0.05) is 22.9 Å². The molecule has 1 aromatic heterocycles. The van der Waals surface area contributed by atoms with Crippen molar-refractivity contribution in [3.05, 3.63) is 60.0 Å². The van der Waals surface area contributed by atoms with Gasteiger partial charge in [-0.3, -0.25) is 0 Å². The van der Waals surface area contributed by atoms with Crippen LogP contribution in [0.4, 0.5) is 18.9 Å². The highest BCUT2D eigenvalue weighted by Gasteiger charge is 2.38. The van der Waals surface area contributed by atoms with Gasteiger partial charge >= 0.3 is 12.1 Å². The molecule has 0 bridgehead atoms. The highest BCUT2D eigenvalue weighted by atomic mass is 32.2. The van der Waals surface area contributed by atoms with Gasteiger partial charge in [-0.15, -0.1) is 0 Å². The standard InChI is InChI=1S/C17H14F3N3O2S/c1-11-3-9-14(10-4-11)26(2,24)23-13-7-5-12(6-8-13)15-21-16(25-22-15)17(18,19)20/h3-10H,1-2H3. The molecule has 1 atom stereocenters. The van der Waals surface area contributed by atoms with Gasteiger partial charge in [0.1, 0.15) is 0 Å². The molecule has 1 heterocycles. The summed E-state index contributed by atoms with van der Waals surface area (Å²) in [5.74, 6) is -1.59. The van der Waals surface area contributed by atoms with Crippen molar-refractivity contribution in [2.75, 3.05) is 6.26 Å². The summed E-state index contributed by atoms with van der Waals surface area (Å²) in [6.45, 7) is 1.93. The van der Waals surface area contributed by atoms with E-state index in [0.717, 1.165) is 5.56 Å². The van der Waals surface area contributed by atoms with Crippen molar-refractivity contribution in [2.24, 2.45) is 4.36 Å². The predicted octanol–water partition coefficient (Wildman–Crippen LogP) is 4.85. The number of hydrogen-bond donors (Lipinski definition) is 0. The molecule has 136 valence electrons. The third-order valence-corrected chi connectivity index (χ3v) is 5.24. The summed E-state index contributed by atoms with van der Waals surface area (Å²) >= 11 is 0. The zero-order valence-corrected chi connectivity index (χ0v) is 14.6. The van der Waals surface area contributed by atoms with E-state index >= 15 is 0 Å². The molecule has 3 rings (SSSR count). The van der Waals surface area contributed by atoms with Gasteiger partial charge in [0.15, 0.2) is 0 Å². The Bertz CT molecular complexity index is 1030. The normalized spacial score (nSPS) is 14.0. The Morgan fingerprint density at radius 1 is 1.04 bits per heavy atom. The van der Waals surface area contributed by atoms with E-state index < -0.39 is 21.8 Å². The predicted molar refractivity (Wildman–Crippen MR) is 90.3 cm³/mol. The van der Waals surface area contributed by atoms with E-state index in [2.05, 4.69) is 19.0 Å². The Morgan fingerprint density at radius 2 is 1.65 bits per heavy atom. The Balaban J connectivity index is 1.89. The largest absolute Gasteiger partial charge is 0.471 e. The van der Waals surface area contributed by atoms with Crippen molar-refractivity contribution in [3.8, 4) is 11.4 Å². The fourth-order valence-corrected chi connectivity index (χ4v) is 3.44. The summed E-state index contributed by atoms with van der Waals surface area (Å²) < 4.78 is 58.8. The van der Waals surface area contributed by atoms with Crippen molar-refractivity contribution in [3.63, 3.8) is 0 Å². The second-order valence-corrected chi connectivity index (χ2v) is 7.93. The lowest BCUT2D eigenvalue weighted by Crippen LogP contribution is -2.04. The van der Waals surface area contributed by atoms with Crippen LogP contribution < -0.4 is 0 Å². The van der Waals surface area contributed by atoms with E-state index in [1.807, 2.05) is 19.1 Å². The monoisotopic (exact) mass is 381 g/mol. The highest BCUT2D eigenvalue weighted by Crippen LogP contribution is 2.30. The van der Waals surface area contributed by atoms with E-state index in [9.17, 15) is 17.4 Å². The molecular weight excluding hydrogens is 367 g/mol.